The van der Waals surface area contributed by atoms with Crippen molar-refractivity contribution in [2.45, 2.75) is 31.7 Å². The number of nitrogens with zero attached hydrogens (tertiary/aromatic N) is 2. The molecule has 0 saturated carbocycles. The third-order valence-corrected chi connectivity index (χ3v) is 5.16. The minimum Gasteiger partial charge on any atom is -0.317 e. The molecule has 2 aromatic rings. The number of para-hydroxylation sites is 2. The second-order valence-electron chi connectivity index (χ2n) is 6.69. The molecule has 0 aliphatic carbocycles. The highest BCUT2D eigenvalue weighted by atomic mass is 32.2. The zero-order valence-electron chi connectivity index (χ0n) is 15.3. The van der Waals surface area contributed by atoms with E-state index in [-0.39, 0.29) is 12.1 Å². The molecule has 2 N–H and O–H groups in total. The molecule has 27 heavy (non-hydrogen) atoms. The molecular formula is C19H24N4O3S. The van der Waals surface area contributed by atoms with E-state index < -0.39 is 10.0 Å². The van der Waals surface area contributed by atoms with Gasteiger partial charge in [0.15, 0.2) is 0 Å². The van der Waals surface area contributed by atoms with Crippen LogP contribution in [0.4, 0.5) is 16.2 Å². The molecule has 1 saturated heterocycles. The van der Waals surface area contributed by atoms with Crippen molar-refractivity contribution in [2.75, 3.05) is 22.8 Å². The summed E-state index contributed by atoms with van der Waals surface area (Å²) < 4.78 is 25.6. The predicted molar refractivity (Wildman–Crippen MR) is 106 cm³/mol. The van der Waals surface area contributed by atoms with Crippen molar-refractivity contribution in [2.24, 2.45) is 0 Å². The van der Waals surface area contributed by atoms with E-state index in [0.29, 0.717) is 17.9 Å². The highest BCUT2D eigenvalue weighted by molar-refractivity contribution is 7.92. The van der Waals surface area contributed by atoms with Gasteiger partial charge in [-0.15, -0.1) is 0 Å². The Balaban J connectivity index is 1.83. The Morgan fingerprint density at radius 1 is 1.07 bits per heavy atom. The Kier molecular flexibility index (Phi) is 5.95. The standard InChI is InChI=1S/C19H24N4O3S/c1-27(25,26)22-17-8-5-4-7-16(17)21-19(24)23-14-6-2-3-9-18(23)15-10-12-20-13-11-15/h4-5,7-8,10-13,18,22H,2-3,6,9,14H2,1H3,(H,21,24). The number of likely N-dealkylation sites (tertiary alicyclic amines) is 1. The fourth-order valence-corrected chi connectivity index (χ4v) is 3.93. The lowest BCUT2D eigenvalue weighted by Crippen LogP contribution is -2.38. The summed E-state index contributed by atoms with van der Waals surface area (Å²) in [6.45, 7) is 0.653. The average molecular weight is 388 g/mol. The molecule has 1 fully saturated rings. The predicted octanol–water partition coefficient (Wildman–Crippen LogP) is 3.60. The third-order valence-electron chi connectivity index (χ3n) is 4.57. The van der Waals surface area contributed by atoms with Crippen molar-refractivity contribution in [1.82, 2.24) is 9.88 Å². The van der Waals surface area contributed by atoms with E-state index in [1.54, 1.807) is 36.7 Å². The number of hydrogen-bond acceptors (Lipinski definition) is 4. The molecule has 1 aliphatic rings. The monoisotopic (exact) mass is 388 g/mol. The van der Waals surface area contributed by atoms with E-state index in [1.165, 1.54) is 0 Å². The number of nitrogens with one attached hydrogen (secondary N) is 2. The van der Waals surface area contributed by atoms with Crippen LogP contribution in [-0.2, 0) is 10.0 Å². The van der Waals surface area contributed by atoms with Crippen LogP contribution in [0.2, 0.25) is 0 Å². The minimum absolute atomic E-state index is 0.0227. The summed E-state index contributed by atoms with van der Waals surface area (Å²) in [6, 6.07) is 10.4. The maximum absolute atomic E-state index is 13.0. The quantitative estimate of drug-likeness (QED) is 0.837. The van der Waals surface area contributed by atoms with Crippen molar-refractivity contribution in [3.8, 4) is 0 Å². The average Bonchev–Trinajstić information content (AvgIpc) is 2.89. The van der Waals surface area contributed by atoms with Crippen LogP contribution in [-0.4, -0.2) is 37.1 Å². The first-order valence-corrected chi connectivity index (χ1v) is 10.9. The van der Waals surface area contributed by atoms with E-state index >= 15 is 0 Å². The van der Waals surface area contributed by atoms with Crippen LogP contribution in [0.25, 0.3) is 0 Å². The van der Waals surface area contributed by atoms with E-state index in [1.807, 2.05) is 17.0 Å². The van der Waals surface area contributed by atoms with Crippen LogP contribution in [0.3, 0.4) is 0 Å². The van der Waals surface area contributed by atoms with Crippen LogP contribution in [0.1, 0.15) is 37.3 Å². The van der Waals surface area contributed by atoms with Crippen LogP contribution in [0, 0.1) is 0 Å². The van der Waals surface area contributed by atoms with Gasteiger partial charge >= 0.3 is 6.03 Å². The van der Waals surface area contributed by atoms with Crippen molar-refractivity contribution in [3.63, 3.8) is 0 Å². The number of hydrogen-bond donors (Lipinski definition) is 2. The van der Waals surface area contributed by atoms with Crippen LogP contribution in [0.5, 0.6) is 0 Å². The first-order chi connectivity index (χ1) is 12.9. The van der Waals surface area contributed by atoms with Gasteiger partial charge in [0.05, 0.1) is 23.7 Å². The number of benzene rings is 1. The van der Waals surface area contributed by atoms with Gasteiger partial charge in [-0.3, -0.25) is 9.71 Å². The maximum atomic E-state index is 13.0. The Bertz CT molecular complexity index is 887. The molecule has 1 aromatic carbocycles. The zero-order chi connectivity index (χ0) is 19.3. The normalized spacial score (nSPS) is 17.8. The molecule has 144 valence electrons. The van der Waals surface area contributed by atoms with Crippen molar-refractivity contribution < 1.29 is 13.2 Å². The van der Waals surface area contributed by atoms with Gasteiger partial charge < -0.3 is 10.2 Å². The van der Waals surface area contributed by atoms with Crippen molar-refractivity contribution >= 4 is 27.4 Å². The number of carbonyl (C=O) groups excluding carboxylic acids is 1. The highest BCUT2D eigenvalue weighted by Crippen LogP contribution is 2.31. The number of anilines is 2. The number of urea groups is 1. The SMILES string of the molecule is CS(=O)(=O)Nc1ccccc1NC(=O)N1CCCCCC1c1ccncc1. The van der Waals surface area contributed by atoms with E-state index in [0.717, 1.165) is 37.5 Å². The number of carbonyl (C=O) groups is 1. The molecule has 0 radical (unpaired) electrons. The van der Waals surface area contributed by atoms with Crippen molar-refractivity contribution in [3.05, 3.63) is 54.4 Å². The number of aromatic nitrogens is 1. The molecule has 1 aliphatic heterocycles. The number of amides is 2. The van der Waals surface area contributed by atoms with Gasteiger partial charge in [-0.2, -0.15) is 0 Å². The summed E-state index contributed by atoms with van der Waals surface area (Å²) in [7, 11) is -3.44. The van der Waals surface area contributed by atoms with Crippen LogP contribution >= 0.6 is 0 Å². The molecule has 8 heteroatoms. The van der Waals surface area contributed by atoms with Gasteiger partial charge in [0.25, 0.3) is 0 Å². The number of pyridine rings is 1. The molecular weight excluding hydrogens is 364 g/mol. The summed E-state index contributed by atoms with van der Waals surface area (Å²) >= 11 is 0. The highest BCUT2D eigenvalue weighted by Gasteiger charge is 2.27. The van der Waals surface area contributed by atoms with E-state index in [9.17, 15) is 13.2 Å². The topological polar surface area (TPSA) is 91.4 Å². The molecule has 7 nitrogen and oxygen atoms in total. The summed E-state index contributed by atoms with van der Waals surface area (Å²) in [4.78, 5) is 18.9. The first-order valence-electron chi connectivity index (χ1n) is 8.98. The van der Waals surface area contributed by atoms with Crippen LogP contribution in [0.15, 0.2) is 48.8 Å². The Labute approximate surface area is 159 Å². The lowest BCUT2D eigenvalue weighted by molar-refractivity contribution is 0.189. The fraction of sp³-hybridized carbons (Fsp3) is 0.368. The Hall–Kier alpha value is -2.61. The molecule has 0 bridgehead atoms. The third kappa shape index (κ3) is 5.19. The largest absolute Gasteiger partial charge is 0.322 e. The number of rotatable bonds is 4. The summed E-state index contributed by atoms with van der Waals surface area (Å²) in [5.74, 6) is 0. The van der Waals surface area contributed by atoms with Gasteiger partial charge in [0.2, 0.25) is 10.0 Å². The Morgan fingerprint density at radius 2 is 1.78 bits per heavy atom. The molecule has 2 amide bonds. The summed E-state index contributed by atoms with van der Waals surface area (Å²) in [6.07, 6.45) is 8.53. The summed E-state index contributed by atoms with van der Waals surface area (Å²) in [5.41, 5.74) is 1.85. The van der Waals surface area contributed by atoms with E-state index in [4.69, 9.17) is 0 Å². The Morgan fingerprint density at radius 3 is 2.48 bits per heavy atom. The molecule has 0 spiro atoms. The van der Waals surface area contributed by atoms with Gasteiger partial charge in [-0.05, 0) is 42.7 Å². The lowest BCUT2D eigenvalue weighted by Gasteiger charge is -2.30. The fourth-order valence-electron chi connectivity index (χ4n) is 3.35. The maximum Gasteiger partial charge on any atom is 0.322 e. The first kappa shape index (κ1) is 19.2. The smallest absolute Gasteiger partial charge is 0.317 e. The van der Waals surface area contributed by atoms with Gasteiger partial charge in [0.1, 0.15) is 0 Å². The van der Waals surface area contributed by atoms with Gasteiger partial charge in [-0.1, -0.05) is 25.0 Å². The summed E-state index contributed by atoms with van der Waals surface area (Å²) in [5, 5.41) is 2.87. The lowest BCUT2D eigenvalue weighted by atomic mass is 10.0. The molecule has 1 aromatic heterocycles. The minimum atomic E-state index is -3.44. The molecule has 1 unspecified atom stereocenters. The van der Waals surface area contributed by atoms with Gasteiger partial charge in [0, 0.05) is 18.9 Å². The second-order valence-corrected chi connectivity index (χ2v) is 8.44. The number of sulfonamides is 1. The van der Waals surface area contributed by atoms with Gasteiger partial charge in [-0.25, -0.2) is 13.2 Å². The molecule has 3 rings (SSSR count). The van der Waals surface area contributed by atoms with Crippen LogP contribution < -0.4 is 10.0 Å². The zero-order valence-corrected chi connectivity index (χ0v) is 16.1. The van der Waals surface area contributed by atoms with E-state index in [2.05, 4.69) is 15.0 Å². The molecule has 2 heterocycles. The molecule has 1 atom stereocenters. The van der Waals surface area contributed by atoms with Crippen molar-refractivity contribution in [1.29, 1.82) is 0 Å². The second kappa shape index (κ2) is 8.39.